The van der Waals surface area contributed by atoms with Crippen LogP contribution in [0, 0.1) is 5.92 Å². The van der Waals surface area contributed by atoms with Crippen LogP contribution in [0.1, 0.15) is 74.0 Å². The Hall–Kier alpha value is -3.09. The van der Waals surface area contributed by atoms with Crippen LogP contribution in [0.5, 0.6) is 0 Å². The van der Waals surface area contributed by atoms with Gasteiger partial charge in [0.1, 0.15) is 6.04 Å². The van der Waals surface area contributed by atoms with E-state index in [2.05, 4.69) is 15.3 Å². The van der Waals surface area contributed by atoms with Crippen LogP contribution in [0.25, 0.3) is 10.2 Å². The van der Waals surface area contributed by atoms with Gasteiger partial charge in [0.25, 0.3) is 5.91 Å². The van der Waals surface area contributed by atoms with E-state index in [-0.39, 0.29) is 23.6 Å². The molecule has 1 aromatic carbocycles. The van der Waals surface area contributed by atoms with E-state index in [9.17, 15) is 14.4 Å². The maximum atomic E-state index is 13.8. The Bertz CT molecular complexity index is 1240. The number of carbonyl (C=O) groups excluding carboxylic acids is 3. The molecular formula is C28H40N8O3S. The third-order valence-corrected chi connectivity index (χ3v) is 9.52. The van der Waals surface area contributed by atoms with Crippen LogP contribution in [0.15, 0.2) is 29.3 Å². The number of aromatic nitrogens is 1. The molecule has 2 saturated heterocycles. The highest BCUT2D eigenvalue weighted by molar-refractivity contribution is 7.20. The van der Waals surface area contributed by atoms with E-state index in [1.54, 1.807) is 5.01 Å². The highest BCUT2D eigenvalue weighted by atomic mass is 32.1. The fourth-order valence-electron chi connectivity index (χ4n) is 6.36. The average molecular weight is 569 g/mol. The molecule has 1 aliphatic carbocycles. The smallest absolute Gasteiger partial charge is 0.257 e. The van der Waals surface area contributed by atoms with E-state index in [1.165, 1.54) is 30.6 Å². The van der Waals surface area contributed by atoms with Gasteiger partial charge in [0.05, 0.1) is 21.8 Å². The molecular weight excluding hydrogens is 528 g/mol. The first-order valence-corrected chi connectivity index (χ1v) is 15.2. The summed E-state index contributed by atoms with van der Waals surface area (Å²) in [5, 5.41) is 6.82. The number of carbonyl (C=O) groups is 3. The van der Waals surface area contributed by atoms with Gasteiger partial charge in [-0.25, -0.2) is 9.99 Å². The zero-order chi connectivity index (χ0) is 28.3. The fraction of sp³-hybridized carbons (Fsp3) is 0.607. The third kappa shape index (κ3) is 6.13. The molecule has 2 amide bonds. The van der Waals surface area contributed by atoms with Crippen LogP contribution >= 0.6 is 11.3 Å². The number of para-hydroxylation sites is 1. The molecule has 1 saturated carbocycles. The second-order valence-corrected chi connectivity index (χ2v) is 12.4. The predicted octanol–water partition coefficient (Wildman–Crippen LogP) is 1.91. The number of fused-ring (bicyclic) bond motifs is 2. The van der Waals surface area contributed by atoms with E-state index in [0.717, 1.165) is 23.1 Å². The molecule has 11 nitrogen and oxygen atoms in total. The Morgan fingerprint density at radius 3 is 2.67 bits per heavy atom. The van der Waals surface area contributed by atoms with Crippen molar-refractivity contribution in [3.05, 3.63) is 29.3 Å². The molecule has 3 atom stereocenters. The van der Waals surface area contributed by atoms with Crippen molar-refractivity contribution < 1.29 is 14.4 Å². The number of hydrazine groups is 1. The van der Waals surface area contributed by atoms with Crippen molar-refractivity contribution in [2.24, 2.45) is 28.1 Å². The van der Waals surface area contributed by atoms with Gasteiger partial charge in [0.2, 0.25) is 11.7 Å². The van der Waals surface area contributed by atoms with Gasteiger partial charge in [-0.3, -0.25) is 24.4 Å². The number of Topliss-reactive ketones (excluding diaryl/α,β-unsaturated/α-hetero) is 1. The lowest BCUT2D eigenvalue weighted by molar-refractivity contribution is -0.166. The normalized spacial score (nSPS) is 24.6. The number of nitrogens with two attached hydrogens (primary N) is 3. The van der Waals surface area contributed by atoms with E-state index in [0.29, 0.717) is 62.7 Å². The molecule has 40 heavy (non-hydrogen) atoms. The summed E-state index contributed by atoms with van der Waals surface area (Å²) in [5.41, 5.74) is 17.5. The third-order valence-electron chi connectivity index (χ3n) is 8.47. The van der Waals surface area contributed by atoms with Gasteiger partial charge in [-0.15, -0.1) is 11.3 Å². The maximum absolute atomic E-state index is 13.8. The van der Waals surface area contributed by atoms with Gasteiger partial charge >= 0.3 is 0 Å². The van der Waals surface area contributed by atoms with Gasteiger partial charge in [-0.2, -0.15) is 0 Å². The Balaban J connectivity index is 1.31. The molecule has 0 radical (unpaired) electrons. The average Bonchev–Trinajstić information content (AvgIpc) is 3.57. The summed E-state index contributed by atoms with van der Waals surface area (Å²) in [6.45, 7) is 1.58. The van der Waals surface area contributed by atoms with Crippen molar-refractivity contribution in [1.29, 1.82) is 0 Å². The van der Waals surface area contributed by atoms with Gasteiger partial charge in [0.15, 0.2) is 11.0 Å². The van der Waals surface area contributed by atoms with E-state index >= 15 is 0 Å². The molecule has 0 spiro atoms. The SMILES string of the molecule is NC(N)=NCCCC(NC(=O)[C@@H]1CCN2CC[C@@](N)(CC3CCCCC3)C(=O)N12)C(=O)c1nc2ccccc2s1. The molecule has 2 aliphatic heterocycles. The minimum absolute atomic E-state index is 0.0220. The van der Waals surface area contributed by atoms with Crippen molar-refractivity contribution in [1.82, 2.24) is 20.3 Å². The summed E-state index contributed by atoms with van der Waals surface area (Å²) < 4.78 is 0.902. The number of nitrogens with zero attached hydrogens (tertiary/aromatic N) is 4. The first-order chi connectivity index (χ1) is 19.2. The monoisotopic (exact) mass is 568 g/mol. The molecule has 3 fully saturated rings. The maximum Gasteiger partial charge on any atom is 0.257 e. The Morgan fingerprint density at radius 2 is 1.93 bits per heavy atom. The van der Waals surface area contributed by atoms with E-state index in [4.69, 9.17) is 17.2 Å². The first kappa shape index (κ1) is 28.4. The summed E-state index contributed by atoms with van der Waals surface area (Å²) in [7, 11) is 0. The number of amides is 2. The second-order valence-electron chi connectivity index (χ2n) is 11.4. The lowest BCUT2D eigenvalue weighted by atomic mass is 9.77. The van der Waals surface area contributed by atoms with Crippen LogP contribution in [0.2, 0.25) is 0 Å². The molecule has 1 aromatic heterocycles. The molecule has 2 aromatic rings. The van der Waals surface area contributed by atoms with Crippen molar-refractivity contribution in [2.75, 3.05) is 19.6 Å². The highest BCUT2D eigenvalue weighted by Crippen LogP contribution is 2.36. The Morgan fingerprint density at radius 1 is 1.15 bits per heavy atom. The molecule has 12 heteroatoms. The van der Waals surface area contributed by atoms with Crippen LogP contribution in [-0.4, -0.2) is 75.8 Å². The fourth-order valence-corrected chi connectivity index (χ4v) is 7.32. The summed E-state index contributed by atoms with van der Waals surface area (Å²) in [6.07, 6.45) is 8.40. The van der Waals surface area contributed by atoms with Gasteiger partial charge in [-0.05, 0) is 50.2 Å². The van der Waals surface area contributed by atoms with Gasteiger partial charge in [-0.1, -0.05) is 44.2 Å². The number of hydrogen-bond donors (Lipinski definition) is 4. The van der Waals surface area contributed by atoms with Crippen LogP contribution in [-0.2, 0) is 9.59 Å². The number of hydrogen-bond acceptors (Lipinski definition) is 8. The largest absolute Gasteiger partial charge is 0.370 e. The number of benzene rings is 1. The highest BCUT2D eigenvalue weighted by Gasteiger charge is 2.51. The quantitative estimate of drug-likeness (QED) is 0.146. The summed E-state index contributed by atoms with van der Waals surface area (Å²) in [5.74, 6) is -0.358. The summed E-state index contributed by atoms with van der Waals surface area (Å²) in [6, 6.07) is 6.02. The van der Waals surface area contributed by atoms with Crippen molar-refractivity contribution >= 4 is 45.1 Å². The second kappa shape index (κ2) is 12.2. The molecule has 3 aliphatic rings. The molecule has 3 heterocycles. The number of rotatable bonds is 10. The predicted molar refractivity (Wildman–Crippen MR) is 155 cm³/mol. The van der Waals surface area contributed by atoms with Gasteiger partial charge < -0.3 is 22.5 Å². The van der Waals surface area contributed by atoms with Crippen molar-refractivity contribution in [2.45, 2.75) is 81.8 Å². The van der Waals surface area contributed by atoms with Crippen LogP contribution < -0.4 is 22.5 Å². The van der Waals surface area contributed by atoms with Crippen molar-refractivity contribution in [3.63, 3.8) is 0 Å². The topological polar surface area (TPSA) is 173 Å². The lowest BCUT2D eigenvalue weighted by Gasteiger charge is -2.45. The minimum atomic E-state index is -0.961. The first-order valence-electron chi connectivity index (χ1n) is 14.4. The van der Waals surface area contributed by atoms with Crippen molar-refractivity contribution in [3.8, 4) is 0 Å². The Kier molecular flexibility index (Phi) is 8.67. The minimum Gasteiger partial charge on any atom is -0.370 e. The standard InChI is InChI=1S/C28H40N8O3S/c29-27(30)32-14-6-10-20(23(37)25-34-19-9-4-5-11-22(19)40-25)33-24(38)21-12-15-35-16-13-28(31,26(39)36(21)35)17-18-7-2-1-3-8-18/h4-5,9,11,18,20-21H,1-3,6-8,10,12-17,31H2,(H,33,38)(H4,29,30,32)/t20?,21-,28+/m0/s1. The molecule has 7 N–H and O–H groups in total. The molecule has 0 bridgehead atoms. The number of ketones is 1. The molecule has 5 rings (SSSR count). The van der Waals surface area contributed by atoms with E-state index in [1.807, 2.05) is 29.3 Å². The number of guanidine groups is 1. The Labute approximate surface area is 238 Å². The zero-order valence-electron chi connectivity index (χ0n) is 22.9. The van der Waals surface area contributed by atoms with Crippen LogP contribution in [0.4, 0.5) is 0 Å². The zero-order valence-corrected chi connectivity index (χ0v) is 23.7. The van der Waals surface area contributed by atoms with Crippen LogP contribution in [0.3, 0.4) is 0 Å². The lowest BCUT2D eigenvalue weighted by Crippen LogP contribution is -2.67. The number of nitrogens with one attached hydrogen (secondary N) is 1. The summed E-state index contributed by atoms with van der Waals surface area (Å²) in [4.78, 5) is 49.6. The van der Waals surface area contributed by atoms with Gasteiger partial charge in [0, 0.05) is 19.6 Å². The summed E-state index contributed by atoms with van der Waals surface area (Å²) >= 11 is 1.30. The molecule has 1 unspecified atom stereocenters. The molecule has 216 valence electrons. The number of thiazole rings is 1. The number of aliphatic imine (C=N–C) groups is 1. The van der Waals surface area contributed by atoms with E-state index < -0.39 is 17.6 Å².